The number of benzene rings is 3. The summed E-state index contributed by atoms with van der Waals surface area (Å²) in [6.07, 6.45) is 23.4. The average molecular weight is 745 g/mol. The molecule has 0 saturated carbocycles. The lowest BCUT2D eigenvalue weighted by Gasteiger charge is -2.25. The first-order valence-corrected chi connectivity index (χ1v) is 22.0. The molecule has 0 bridgehead atoms. The van der Waals surface area contributed by atoms with Crippen LogP contribution in [0.5, 0.6) is 0 Å². The first kappa shape index (κ1) is 43.6. The Morgan fingerprint density at radius 3 is 1.27 bits per heavy atom. The summed E-state index contributed by atoms with van der Waals surface area (Å²) in [5.41, 5.74) is 12.0. The van der Waals surface area contributed by atoms with Gasteiger partial charge in [0.2, 0.25) is 17.1 Å². The number of hydrogen-bond donors (Lipinski definition) is 0. The van der Waals surface area contributed by atoms with Gasteiger partial charge in [-0.2, -0.15) is 4.58 Å². The lowest BCUT2D eigenvalue weighted by atomic mass is 10.1. The number of aryl methyl sites for hydroxylation is 2. The van der Waals surface area contributed by atoms with Gasteiger partial charge in [0.05, 0.1) is 11.4 Å². The number of anilines is 3. The number of rotatable bonds is 24. The summed E-state index contributed by atoms with van der Waals surface area (Å²) in [4.78, 5) is 12.8. The number of unbranched alkanes of at least 4 members (excludes halogenated alkanes) is 6. The molecular formula is C50H74N5+. The summed E-state index contributed by atoms with van der Waals surface area (Å²) in [7, 11) is 0. The molecule has 0 aromatic heterocycles. The van der Waals surface area contributed by atoms with Crippen LogP contribution in [0.1, 0.15) is 130 Å². The van der Waals surface area contributed by atoms with Crippen LogP contribution in [0.3, 0.4) is 0 Å². The molecule has 5 nitrogen and oxygen atoms in total. The molecule has 3 aromatic rings. The van der Waals surface area contributed by atoms with Crippen LogP contribution in [0.2, 0.25) is 0 Å². The zero-order valence-corrected chi connectivity index (χ0v) is 36.0. The second-order valence-electron chi connectivity index (χ2n) is 15.5. The fourth-order valence-electron chi connectivity index (χ4n) is 7.31. The van der Waals surface area contributed by atoms with Gasteiger partial charge in [0.15, 0.2) is 0 Å². The lowest BCUT2D eigenvalue weighted by Crippen LogP contribution is -2.26. The highest BCUT2D eigenvalue weighted by atomic mass is 15.1. The Hall–Kier alpha value is -4.12. The van der Waals surface area contributed by atoms with Crippen LogP contribution in [0.15, 0.2) is 90.0 Å². The number of aliphatic imine (C=N–C) groups is 1. The van der Waals surface area contributed by atoms with E-state index in [1.54, 1.807) is 0 Å². The Morgan fingerprint density at radius 1 is 0.455 bits per heavy atom. The average Bonchev–Trinajstić information content (AvgIpc) is 3.20. The van der Waals surface area contributed by atoms with E-state index in [1.165, 1.54) is 117 Å². The third kappa shape index (κ3) is 13.0. The summed E-state index contributed by atoms with van der Waals surface area (Å²) >= 11 is 0. The molecule has 0 radical (unpaired) electrons. The fraction of sp³-hybridized carbons (Fsp3) is 0.520. The SMILES string of the molecule is CCCCN(CCCC)c1ccc([N+](=C2C=CC(=Nc3ccc(N(CCCC)CCCC)cc3C)C=C2)c2ccc(N(CCCC)CCCC)cc2C)cc1. The Labute approximate surface area is 336 Å². The van der Waals surface area contributed by atoms with Crippen LogP contribution in [0.25, 0.3) is 0 Å². The first-order chi connectivity index (χ1) is 26.9. The fourth-order valence-corrected chi connectivity index (χ4v) is 7.31. The van der Waals surface area contributed by atoms with E-state index in [4.69, 9.17) is 4.99 Å². The van der Waals surface area contributed by atoms with Crippen molar-refractivity contribution in [3.8, 4) is 0 Å². The molecule has 298 valence electrons. The van der Waals surface area contributed by atoms with Crippen molar-refractivity contribution in [2.75, 3.05) is 54.0 Å². The summed E-state index contributed by atoms with van der Waals surface area (Å²) in [5.74, 6) is 0. The maximum absolute atomic E-state index is 5.14. The Morgan fingerprint density at radius 2 is 0.855 bits per heavy atom. The van der Waals surface area contributed by atoms with E-state index in [9.17, 15) is 0 Å². The maximum atomic E-state index is 5.14. The quantitative estimate of drug-likeness (QED) is 0.0674. The van der Waals surface area contributed by atoms with Crippen molar-refractivity contribution in [1.82, 2.24) is 4.58 Å². The normalized spacial score (nSPS) is 12.4. The highest BCUT2D eigenvalue weighted by Gasteiger charge is 2.23. The van der Waals surface area contributed by atoms with Crippen LogP contribution in [0.4, 0.5) is 34.1 Å². The maximum Gasteiger partial charge on any atom is 0.214 e. The lowest BCUT2D eigenvalue weighted by molar-refractivity contribution is 0.678. The molecule has 0 spiro atoms. The molecule has 0 heterocycles. The van der Waals surface area contributed by atoms with Gasteiger partial charge < -0.3 is 14.7 Å². The second-order valence-corrected chi connectivity index (χ2v) is 15.5. The van der Waals surface area contributed by atoms with Gasteiger partial charge >= 0.3 is 0 Å². The van der Waals surface area contributed by atoms with Gasteiger partial charge in [-0.25, -0.2) is 4.99 Å². The van der Waals surface area contributed by atoms with E-state index in [2.05, 4.69) is 160 Å². The molecule has 55 heavy (non-hydrogen) atoms. The van der Waals surface area contributed by atoms with Gasteiger partial charge in [-0.3, -0.25) is 0 Å². The zero-order chi connectivity index (χ0) is 39.4. The molecular weight excluding hydrogens is 671 g/mol. The molecule has 0 atom stereocenters. The highest BCUT2D eigenvalue weighted by Crippen LogP contribution is 2.32. The minimum atomic E-state index is 0.973. The minimum absolute atomic E-state index is 0.973. The third-order valence-electron chi connectivity index (χ3n) is 10.9. The molecule has 0 aliphatic heterocycles. The molecule has 0 fully saturated rings. The molecule has 0 unspecified atom stereocenters. The summed E-state index contributed by atoms with van der Waals surface area (Å²) in [6.45, 7) is 24.8. The third-order valence-corrected chi connectivity index (χ3v) is 10.9. The number of nitrogens with zero attached hydrogens (tertiary/aromatic N) is 5. The van der Waals surface area contributed by atoms with Crippen LogP contribution in [-0.4, -0.2) is 50.7 Å². The Bertz CT molecular complexity index is 1670. The largest absolute Gasteiger partial charge is 0.372 e. The second kappa shape index (κ2) is 23.7. The van der Waals surface area contributed by atoms with E-state index >= 15 is 0 Å². The standard InChI is InChI=1S/C50H74N5/c1-9-15-33-52(34-16-10-2)44-25-27-46(28-26-44)55(50-32-30-48(40-42(50)8)54(37-19-13-5)38-20-14-6)45-23-21-43(22-24-45)51-49-31-29-47(39-41(49)7)53(35-17-11-3)36-18-12-4/h21-32,39-40H,9-20,33-38H2,1-8H3/q+1. The minimum Gasteiger partial charge on any atom is -0.372 e. The number of hydrogen-bond acceptors (Lipinski definition) is 4. The van der Waals surface area contributed by atoms with Crippen molar-refractivity contribution < 1.29 is 0 Å². The first-order valence-electron chi connectivity index (χ1n) is 22.0. The van der Waals surface area contributed by atoms with E-state index in [0.29, 0.717) is 0 Å². The van der Waals surface area contributed by atoms with Gasteiger partial charge in [-0.1, -0.05) is 80.1 Å². The molecule has 0 saturated heterocycles. The molecule has 5 heteroatoms. The van der Waals surface area contributed by atoms with E-state index in [0.717, 1.165) is 56.4 Å². The van der Waals surface area contributed by atoms with Crippen LogP contribution in [-0.2, 0) is 0 Å². The Kier molecular flexibility index (Phi) is 18.8. The molecule has 1 aliphatic carbocycles. The van der Waals surface area contributed by atoms with Gasteiger partial charge in [-0.15, -0.1) is 0 Å². The predicted octanol–water partition coefficient (Wildman–Crippen LogP) is 13.7. The van der Waals surface area contributed by atoms with E-state index < -0.39 is 0 Å². The van der Waals surface area contributed by atoms with Crippen LogP contribution < -0.4 is 19.3 Å². The highest BCUT2D eigenvalue weighted by molar-refractivity contribution is 6.20. The number of allylic oxidation sites excluding steroid dienone is 4. The zero-order valence-electron chi connectivity index (χ0n) is 36.0. The molecule has 1 aliphatic rings. The smallest absolute Gasteiger partial charge is 0.214 e. The predicted molar refractivity (Wildman–Crippen MR) is 247 cm³/mol. The van der Waals surface area contributed by atoms with Crippen molar-refractivity contribution in [2.24, 2.45) is 4.99 Å². The van der Waals surface area contributed by atoms with Crippen LogP contribution >= 0.6 is 0 Å². The molecule has 0 N–H and O–H groups in total. The van der Waals surface area contributed by atoms with Gasteiger partial charge in [-0.05, 0) is 113 Å². The van der Waals surface area contributed by atoms with Crippen LogP contribution in [0, 0.1) is 13.8 Å². The van der Waals surface area contributed by atoms with Crippen molar-refractivity contribution >= 4 is 45.5 Å². The summed E-state index contributed by atoms with van der Waals surface area (Å²) in [6, 6.07) is 23.2. The van der Waals surface area contributed by atoms with Crippen molar-refractivity contribution in [3.05, 3.63) is 96.1 Å². The van der Waals surface area contributed by atoms with Gasteiger partial charge in [0.1, 0.15) is 0 Å². The summed E-state index contributed by atoms with van der Waals surface area (Å²) in [5, 5.41) is 0. The van der Waals surface area contributed by atoms with Crippen molar-refractivity contribution in [2.45, 2.75) is 132 Å². The Balaban J connectivity index is 1.72. The van der Waals surface area contributed by atoms with Crippen molar-refractivity contribution in [3.63, 3.8) is 0 Å². The van der Waals surface area contributed by atoms with E-state index in [-0.39, 0.29) is 0 Å². The van der Waals surface area contributed by atoms with E-state index in [1.807, 2.05) is 0 Å². The topological polar surface area (TPSA) is 25.1 Å². The van der Waals surface area contributed by atoms with Gasteiger partial charge in [0.25, 0.3) is 0 Å². The monoisotopic (exact) mass is 745 g/mol. The molecule has 4 rings (SSSR count). The van der Waals surface area contributed by atoms with Crippen molar-refractivity contribution in [1.29, 1.82) is 0 Å². The summed E-state index contributed by atoms with van der Waals surface area (Å²) < 4.78 is 2.43. The molecule has 0 amide bonds. The van der Waals surface area contributed by atoms with Gasteiger partial charge in [0, 0.05) is 92.2 Å². The molecule has 3 aromatic carbocycles.